The minimum absolute atomic E-state index is 0.0902. The van der Waals surface area contributed by atoms with Crippen LogP contribution in [0.2, 0.25) is 0 Å². The van der Waals surface area contributed by atoms with Crippen LogP contribution in [-0.2, 0) is 16.1 Å². The quantitative estimate of drug-likeness (QED) is 0.866. The van der Waals surface area contributed by atoms with E-state index in [1.807, 2.05) is 11.9 Å². The normalized spacial score (nSPS) is 25.5. The maximum Gasteiger partial charge on any atom is 0.244 e. The number of hydrogen-bond donors (Lipinski definition) is 1. The van der Waals surface area contributed by atoms with Crippen LogP contribution in [0.15, 0.2) is 12.4 Å². The van der Waals surface area contributed by atoms with Gasteiger partial charge in [0.15, 0.2) is 5.75 Å². The van der Waals surface area contributed by atoms with Gasteiger partial charge >= 0.3 is 0 Å². The van der Waals surface area contributed by atoms with E-state index in [0.717, 1.165) is 12.8 Å². The molecular weight excluding hydrogens is 296 g/mol. The van der Waals surface area contributed by atoms with Crippen molar-refractivity contribution >= 4 is 5.91 Å². The molecule has 1 aliphatic heterocycles. The topological polar surface area (TPSA) is 82.6 Å². The molecule has 0 radical (unpaired) electrons. The molecule has 1 saturated carbocycles. The Morgan fingerprint density at radius 2 is 2.22 bits per heavy atom. The van der Waals surface area contributed by atoms with E-state index in [0.29, 0.717) is 25.0 Å². The third-order valence-electron chi connectivity index (χ3n) is 4.78. The van der Waals surface area contributed by atoms with Crippen LogP contribution < -0.4 is 10.5 Å². The zero-order chi connectivity index (χ0) is 16.2. The van der Waals surface area contributed by atoms with Gasteiger partial charge in [0.05, 0.1) is 31.6 Å². The van der Waals surface area contributed by atoms with Crippen LogP contribution in [0.4, 0.5) is 0 Å². The average Bonchev–Trinajstić information content (AvgIpc) is 3.17. The zero-order valence-electron chi connectivity index (χ0n) is 13.7. The van der Waals surface area contributed by atoms with E-state index in [9.17, 15) is 4.79 Å². The van der Waals surface area contributed by atoms with Crippen molar-refractivity contribution in [2.75, 3.05) is 20.3 Å². The first-order valence-corrected chi connectivity index (χ1v) is 8.41. The summed E-state index contributed by atoms with van der Waals surface area (Å²) in [6, 6.07) is 0.258. The molecule has 7 nitrogen and oxygen atoms in total. The summed E-state index contributed by atoms with van der Waals surface area (Å²) >= 11 is 0. The summed E-state index contributed by atoms with van der Waals surface area (Å²) in [6.07, 6.45) is 9.15. The van der Waals surface area contributed by atoms with Crippen LogP contribution in [0.1, 0.15) is 32.1 Å². The van der Waals surface area contributed by atoms with Crippen LogP contribution >= 0.6 is 0 Å². The smallest absolute Gasteiger partial charge is 0.244 e. The molecule has 0 aromatic carbocycles. The van der Waals surface area contributed by atoms with E-state index in [1.165, 1.54) is 19.3 Å². The Kier molecular flexibility index (Phi) is 5.17. The summed E-state index contributed by atoms with van der Waals surface area (Å²) in [6.45, 7) is 1.25. The number of aromatic nitrogens is 2. The molecule has 2 N–H and O–H groups in total. The van der Waals surface area contributed by atoms with Crippen LogP contribution in [0, 0.1) is 0 Å². The molecule has 7 heteroatoms. The fourth-order valence-corrected chi connectivity index (χ4v) is 3.26. The van der Waals surface area contributed by atoms with Gasteiger partial charge in [-0.05, 0) is 12.8 Å². The lowest BCUT2D eigenvalue weighted by Crippen LogP contribution is -2.40. The molecule has 2 fully saturated rings. The van der Waals surface area contributed by atoms with Gasteiger partial charge < -0.3 is 20.1 Å². The van der Waals surface area contributed by atoms with Crippen molar-refractivity contribution in [2.45, 2.75) is 56.8 Å². The average molecular weight is 322 g/mol. The van der Waals surface area contributed by atoms with E-state index in [-0.39, 0.29) is 24.6 Å². The van der Waals surface area contributed by atoms with Gasteiger partial charge in [-0.2, -0.15) is 5.10 Å². The predicted molar refractivity (Wildman–Crippen MR) is 85.1 cm³/mol. The Labute approximate surface area is 136 Å². The summed E-state index contributed by atoms with van der Waals surface area (Å²) in [4.78, 5) is 14.3. The maximum atomic E-state index is 12.4. The number of ether oxygens (including phenoxy) is 2. The van der Waals surface area contributed by atoms with E-state index in [2.05, 4.69) is 5.10 Å². The van der Waals surface area contributed by atoms with E-state index >= 15 is 0 Å². The molecule has 1 saturated heterocycles. The van der Waals surface area contributed by atoms with Gasteiger partial charge in [-0.1, -0.05) is 19.3 Å². The number of hydrogen-bond acceptors (Lipinski definition) is 5. The molecular formula is C16H26N4O3. The molecule has 0 bridgehead atoms. The highest BCUT2D eigenvalue weighted by atomic mass is 16.5. The van der Waals surface area contributed by atoms with Gasteiger partial charge in [-0.25, -0.2) is 0 Å². The van der Waals surface area contributed by atoms with Gasteiger partial charge in [0.25, 0.3) is 0 Å². The number of nitrogens with two attached hydrogens (primary N) is 1. The highest BCUT2D eigenvalue weighted by Gasteiger charge is 2.27. The molecule has 128 valence electrons. The summed E-state index contributed by atoms with van der Waals surface area (Å²) in [5.41, 5.74) is 5.90. The van der Waals surface area contributed by atoms with Crippen LogP contribution in [0.3, 0.4) is 0 Å². The highest BCUT2D eigenvalue weighted by Crippen LogP contribution is 2.22. The molecule has 2 heterocycles. The van der Waals surface area contributed by atoms with Crippen LogP contribution in [0.25, 0.3) is 0 Å². The first-order valence-electron chi connectivity index (χ1n) is 8.41. The third-order valence-corrected chi connectivity index (χ3v) is 4.78. The lowest BCUT2D eigenvalue weighted by molar-refractivity contribution is -0.133. The van der Waals surface area contributed by atoms with E-state index in [1.54, 1.807) is 17.1 Å². The standard InChI is InChI=1S/C16H26N4O3/c1-19(12-5-3-2-4-6-12)16(21)9-20-8-13(7-18-20)23-15-11-22-10-14(15)17/h7-8,12,14-15H,2-6,9-11,17H2,1H3/t14-,15+/m0/s1. The number of amides is 1. The van der Waals surface area contributed by atoms with Crippen molar-refractivity contribution in [3.63, 3.8) is 0 Å². The van der Waals surface area contributed by atoms with Gasteiger partial charge in [-0.3, -0.25) is 9.48 Å². The van der Waals surface area contributed by atoms with Gasteiger partial charge in [-0.15, -0.1) is 0 Å². The summed E-state index contributed by atoms with van der Waals surface area (Å²) < 4.78 is 12.7. The van der Waals surface area contributed by atoms with Crippen molar-refractivity contribution < 1.29 is 14.3 Å². The molecule has 2 aliphatic rings. The van der Waals surface area contributed by atoms with Crippen molar-refractivity contribution in [1.29, 1.82) is 0 Å². The van der Waals surface area contributed by atoms with E-state index in [4.69, 9.17) is 15.2 Å². The number of nitrogens with zero attached hydrogens (tertiary/aromatic N) is 3. The summed E-state index contributed by atoms with van der Waals surface area (Å²) in [5.74, 6) is 0.719. The zero-order valence-corrected chi connectivity index (χ0v) is 13.7. The Hall–Kier alpha value is -1.60. The summed E-state index contributed by atoms with van der Waals surface area (Å²) in [7, 11) is 1.90. The number of rotatable bonds is 5. The number of likely N-dealkylation sites (N-methyl/N-ethyl adjacent to an activating group) is 1. The fourth-order valence-electron chi connectivity index (χ4n) is 3.26. The van der Waals surface area contributed by atoms with Crippen molar-refractivity contribution in [2.24, 2.45) is 5.73 Å². The second kappa shape index (κ2) is 7.31. The molecule has 1 amide bonds. The Bertz CT molecular complexity index is 527. The maximum absolute atomic E-state index is 12.4. The van der Waals surface area contributed by atoms with E-state index < -0.39 is 0 Å². The van der Waals surface area contributed by atoms with Crippen LogP contribution in [0.5, 0.6) is 5.75 Å². The molecule has 1 aromatic rings. The first-order chi connectivity index (χ1) is 11.1. The molecule has 1 aliphatic carbocycles. The Morgan fingerprint density at radius 3 is 2.91 bits per heavy atom. The van der Waals surface area contributed by atoms with Gasteiger partial charge in [0, 0.05) is 13.1 Å². The van der Waals surface area contributed by atoms with Gasteiger partial charge in [0.2, 0.25) is 5.91 Å². The van der Waals surface area contributed by atoms with Crippen molar-refractivity contribution in [3.8, 4) is 5.75 Å². The Balaban J connectivity index is 1.52. The number of carbonyl (C=O) groups is 1. The number of carbonyl (C=O) groups excluding carboxylic acids is 1. The molecule has 23 heavy (non-hydrogen) atoms. The van der Waals surface area contributed by atoms with Crippen molar-refractivity contribution in [1.82, 2.24) is 14.7 Å². The third kappa shape index (κ3) is 4.03. The SMILES string of the molecule is CN(C(=O)Cn1cc(O[C@@H]2COC[C@@H]2N)cn1)C1CCCCC1. The summed E-state index contributed by atoms with van der Waals surface area (Å²) in [5, 5.41) is 4.21. The highest BCUT2D eigenvalue weighted by molar-refractivity contribution is 5.76. The minimum Gasteiger partial charge on any atom is -0.483 e. The molecule has 3 rings (SSSR count). The monoisotopic (exact) mass is 322 g/mol. The Morgan fingerprint density at radius 1 is 1.43 bits per heavy atom. The molecule has 0 spiro atoms. The van der Waals surface area contributed by atoms with Gasteiger partial charge in [0.1, 0.15) is 12.6 Å². The second-order valence-corrected chi connectivity index (χ2v) is 6.53. The first kappa shape index (κ1) is 16.3. The lowest BCUT2D eigenvalue weighted by atomic mass is 9.94. The largest absolute Gasteiger partial charge is 0.483 e. The second-order valence-electron chi connectivity index (χ2n) is 6.53. The molecule has 0 unspecified atom stereocenters. The minimum atomic E-state index is -0.145. The van der Waals surface area contributed by atoms with Crippen LogP contribution in [-0.4, -0.2) is 59.0 Å². The predicted octanol–water partition coefficient (Wildman–Crippen LogP) is 0.779. The molecule has 1 aromatic heterocycles. The van der Waals surface area contributed by atoms with Crippen molar-refractivity contribution in [3.05, 3.63) is 12.4 Å². The molecule has 2 atom stereocenters. The fraction of sp³-hybridized carbons (Fsp3) is 0.750. The lowest BCUT2D eigenvalue weighted by Gasteiger charge is -2.31.